The van der Waals surface area contributed by atoms with E-state index in [1.165, 1.54) is 27.5 Å². The van der Waals surface area contributed by atoms with Crippen LogP contribution in [0.4, 0.5) is 9.18 Å². The molecule has 3 amide bonds. The summed E-state index contributed by atoms with van der Waals surface area (Å²) in [5, 5.41) is 5.02. The first kappa shape index (κ1) is 19.1. The summed E-state index contributed by atoms with van der Waals surface area (Å²) in [6.45, 7) is 3.88. The van der Waals surface area contributed by atoms with Gasteiger partial charge in [0.15, 0.2) is 0 Å². The summed E-state index contributed by atoms with van der Waals surface area (Å²) in [5.74, 6) is -0.600. The van der Waals surface area contributed by atoms with Gasteiger partial charge in [-0.2, -0.15) is 0 Å². The highest BCUT2D eigenvalue weighted by Gasteiger charge is 2.52. The summed E-state index contributed by atoms with van der Waals surface area (Å²) >= 11 is 1.76. The summed E-state index contributed by atoms with van der Waals surface area (Å²) in [4.78, 5) is 31.0. The molecule has 4 rings (SSSR count). The van der Waals surface area contributed by atoms with Crippen molar-refractivity contribution in [3.63, 3.8) is 0 Å². The molecule has 7 heteroatoms. The van der Waals surface area contributed by atoms with Gasteiger partial charge in [-0.05, 0) is 47.5 Å². The number of nitrogens with zero attached hydrogens (tertiary/aromatic N) is 2. The minimum atomic E-state index is -1.11. The van der Waals surface area contributed by atoms with E-state index in [4.69, 9.17) is 0 Å². The molecule has 3 heterocycles. The Kier molecular flexibility index (Phi) is 5.21. The Hall–Kier alpha value is -2.25. The standard InChI is InChI=1S/C21H24FN3O2S/c1-2-3-10-21(16-4-6-17(22)7-5-16)19(26)25(20(27)23-21)14-24-11-8-18-15(13-24)9-12-28-18/h4-7,9,12H,2-3,8,10-11,13-14H2,1H3,(H,23,27)/t21-/m1/s1. The van der Waals surface area contributed by atoms with E-state index in [0.717, 1.165) is 32.4 Å². The SMILES string of the molecule is CCCC[C@]1(c2ccc(F)cc2)NC(=O)N(CN2CCc3sccc3C2)C1=O. The summed E-state index contributed by atoms with van der Waals surface area (Å²) in [6, 6.07) is 7.63. The van der Waals surface area contributed by atoms with Crippen LogP contribution in [0.25, 0.3) is 0 Å². The topological polar surface area (TPSA) is 52.7 Å². The van der Waals surface area contributed by atoms with Gasteiger partial charge >= 0.3 is 6.03 Å². The fourth-order valence-corrected chi connectivity index (χ4v) is 4.96. The van der Waals surface area contributed by atoms with E-state index in [2.05, 4.69) is 21.7 Å². The first-order chi connectivity index (χ1) is 13.5. The minimum absolute atomic E-state index is 0.242. The molecule has 1 atom stereocenters. The van der Waals surface area contributed by atoms with Gasteiger partial charge in [-0.25, -0.2) is 14.1 Å². The third-order valence-corrected chi connectivity index (χ3v) is 6.67. The van der Waals surface area contributed by atoms with E-state index in [0.29, 0.717) is 12.0 Å². The summed E-state index contributed by atoms with van der Waals surface area (Å²) in [5.41, 5.74) is 0.811. The van der Waals surface area contributed by atoms with Gasteiger partial charge in [-0.15, -0.1) is 11.3 Å². The van der Waals surface area contributed by atoms with Gasteiger partial charge in [0.1, 0.15) is 11.4 Å². The van der Waals surface area contributed by atoms with Crippen molar-refractivity contribution in [2.75, 3.05) is 13.2 Å². The highest BCUT2D eigenvalue weighted by Crippen LogP contribution is 2.35. The number of urea groups is 1. The molecule has 1 aromatic carbocycles. The van der Waals surface area contributed by atoms with Gasteiger partial charge in [0, 0.05) is 18.0 Å². The summed E-state index contributed by atoms with van der Waals surface area (Å²) in [6.07, 6.45) is 3.14. The van der Waals surface area contributed by atoms with Gasteiger partial charge in [0.25, 0.3) is 5.91 Å². The predicted octanol–water partition coefficient (Wildman–Crippen LogP) is 3.84. The molecule has 2 aromatic rings. The zero-order valence-corrected chi connectivity index (χ0v) is 16.7. The number of halogens is 1. The molecule has 28 heavy (non-hydrogen) atoms. The van der Waals surface area contributed by atoms with Crippen LogP contribution >= 0.6 is 11.3 Å². The second-order valence-corrected chi connectivity index (χ2v) is 8.49. The zero-order chi connectivity index (χ0) is 19.7. The maximum atomic E-state index is 13.4. The number of imide groups is 1. The van der Waals surface area contributed by atoms with Crippen molar-refractivity contribution >= 4 is 23.3 Å². The number of fused-ring (bicyclic) bond motifs is 1. The molecule has 1 aromatic heterocycles. The molecule has 2 aliphatic rings. The number of benzene rings is 1. The van der Waals surface area contributed by atoms with Crippen LogP contribution in [-0.2, 0) is 23.3 Å². The molecular formula is C21H24FN3O2S. The lowest BCUT2D eigenvalue weighted by Gasteiger charge is -2.31. The highest BCUT2D eigenvalue weighted by atomic mass is 32.1. The number of carbonyl (C=O) groups is 2. The number of unbranched alkanes of at least 4 members (excludes halogenated alkanes) is 1. The molecule has 2 aliphatic heterocycles. The second kappa shape index (κ2) is 7.64. The van der Waals surface area contributed by atoms with E-state index in [-0.39, 0.29) is 24.4 Å². The Morgan fingerprint density at radius 2 is 2.00 bits per heavy atom. The van der Waals surface area contributed by atoms with Gasteiger partial charge in [-0.1, -0.05) is 31.9 Å². The molecule has 5 nitrogen and oxygen atoms in total. The molecular weight excluding hydrogens is 377 g/mol. The van der Waals surface area contributed by atoms with Crippen LogP contribution in [0.1, 0.15) is 42.2 Å². The van der Waals surface area contributed by atoms with E-state index in [1.54, 1.807) is 23.5 Å². The molecule has 0 radical (unpaired) electrons. The number of carbonyl (C=O) groups excluding carboxylic acids is 2. The Balaban J connectivity index is 1.57. The average molecular weight is 402 g/mol. The Bertz CT molecular complexity index is 882. The fourth-order valence-electron chi connectivity index (χ4n) is 4.07. The van der Waals surface area contributed by atoms with Crippen LogP contribution in [0.5, 0.6) is 0 Å². The largest absolute Gasteiger partial charge is 0.326 e. The lowest BCUT2D eigenvalue weighted by atomic mass is 9.85. The third kappa shape index (κ3) is 3.33. The maximum Gasteiger partial charge on any atom is 0.326 e. The third-order valence-electron chi connectivity index (χ3n) is 5.65. The van der Waals surface area contributed by atoms with Gasteiger partial charge in [0.2, 0.25) is 0 Å². The maximum absolute atomic E-state index is 13.4. The smallest absolute Gasteiger partial charge is 0.319 e. The molecule has 1 saturated heterocycles. The predicted molar refractivity (Wildman–Crippen MR) is 106 cm³/mol. The van der Waals surface area contributed by atoms with Crippen LogP contribution in [-0.4, -0.2) is 35.0 Å². The first-order valence-electron chi connectivity index (χ1n) is 9.71. The number of nitrogens with one attached hydrogen (secondary N) is 1. The summed E-state index contributed by atoms with van der Waals surface area (Å²) < 4.78 is 13.4. The minimum Gasteiger partial charge on any atom is -0.319 e. The van der Waals surface area contributed by atoms with E-state index in [1.807, 2.05) is 6.92 Å². The number of hydrogen-bond donors (Lipinski definition) is 1. The Morgan fingerprint density at radius 3 is 2.75 bits per heavy atom. The van der Waals surface area contributed by atoms with Crippen molar-refractivity contribution in [3.8, 4) is 0 Å². The van der Waals surface area contributed by atoms with Crippen LogP contribution in [0.2, 0.25) is 0 Å². The van der Waals surface area contributed by atoms with Crippen molar-refractivity contribution in [2.24, 2.45) is 0 Å². The van der Waals surface area contributed by atoms with E-state index < -0.39 is 5.54 Å². The van der Waals surface area contributed by atoms with Crippen LogP contribution in [0.15, 0.2) is 35.7 Å². The van der Waals surface area contributed by atoms with Crippen molar-refractivity contribution in [3.05, 3.63) is 57.5 Å². The number of rotatable bonds is 6. The Morgan fingerprint density at radius 1 is 1.21 bits per heavy atom. The molecule has 0 unspecified atom stereocenters. The molecule has 1 fully saturated rings. The van der Waals surface area contributed by atoms with E-state index in [9.17, 15) is 14.0 Å². The number of thiophene rings is 1. The molecule has 148 valence electrons. The highest BCUT2D eigenvalue weighted by molar-refractivity contribution is 7.10. The monoisotopic (exact) mass is 401 g/mol. The van der Waals surface area contributed by atoms with Gasteiger partial charge in [-0.3, -0.25) is 9.69 Å². The molecule has 1 N–H and O–H groups in total. The van der Waals surface area contributed by atoms with Crippen LogP contribution in [0.3, 0.4) is 0 Å². The van der Waals surface area contributed by atoms with Crippen molar-refractivity contribution in [1.82, 2.24) is 15.1 Å². The molecule has 0 saturated carbocycles. The summed E-state index contributed by atoms with van der Waals surface area (Å²) in [7, 11) is 0. The molecule has 0 bridgehead atoms. The number of amides is 3. The van der Waals surface area contributed by atoms with E-state index >= 15 is 0 Å². The van der Waals surface area contributed by atoms with Crippen LogP contribution < -0.4 is 5.32 Å². The van der Waals surface area contributed by atoms with Gasteiger partial charge < -0.3 is 5.32 Å². The molecule has 0 aliphatic carbocycles. The van der Waals surface area contributed by atoms with Crippen molar-refractivity contribution in [1.29, 1.82) is 0 Å². The van der Waals surface area contributed by atoms with Crippen molar-refractivity contribution in [2.45, 2.75) is 44.7 Å². The van der Waals surface area contributed by atoms with Crippen molar-refractivity contribution < 1.29 is 14.0 Å². The number of hydrogen-bond acceptors (Lipinski definition) is 4. The zero-order valence-electron chi connectivity index (χ0n) is 15.9. The van der Waals surface area contributed by atoms with Gasteiger partial charge in [0.05, 0.1) is 6.67 Å². The van der Waals surface area contributed by atoms with Crippen LogP contribution in [0, 0.1) is 5.82 Å². The second-order valence-electron chi connectivity index (χ2n) is 7.49. The Labute approximate surface area is 168 Å². The quantitative estimate of drug-likeness (QED) is 0.749. The lowest BCUT2D eigenvalue weighted by molar-refractivity contribution is -0.133. The molecule has 0 spiro atoms. The first-order valence-corrected chi connectivity index (χ1v) is 10.6. The lowest BCUT2D eigenvalue weighted by Crippen LogP contribution is -2.46. The normalized spacial score (nSPS) is 22.4. The fraction of sp³-hybridized carbons (Fsp3) is 0.429. The average Bonchev–Trinajstić information content (AvgIpc) is 3.25.